The van der Waals surface area contributed by atoms with Gasteiger partial charge in [0.15, 0.2) is 0 Å². The van der Waals surface area contributed by atoms with Gasteiger partial charge >= 0.3 is 0 Å². The Hall–Kier alpha value is -1.32. The van der Waals surface area contributed by atoms with Crippen LogP contribution in [-0.2, 0) is 0 Å². The molecule has 2 N–H and O–H groups in total. The molecule has 1 heterocycles. The summed E-state index contributed by atoms with van der Waals surface area (Å²) in [6.45, 7) is 2.90. The second-order valence-electron chi connectivity index (χ2n) is 4.28. The Labute approximate surface area is 96.9 Å². The number of nitrogens with one attached hydrogen (secondary N) is 2. The molecule has 0 aromatic carbocycles. The summed E-state index contributed by atoms with van der Waals surface area (Å²) in [7, 11) is 0. The summed E-state index contributed by atoms with van der Waals surface area (Å²) in [5, 5.41) is 6.61. The molecule has 1 fully saturated rings. The second kappa shape index (κ2) is 5.68. The van der Waals surface area contributed by atoms with Gasteiger partial charge in [0.25, 0.3) is 0 Å². The van der Waals surface area contributed by atoms with Gasteiger partial charge in [-0.3, -0.25) is 0 Å². The zero-order valence-electron chi connectivity index (χ0n) is 9.87. The van der Waals surface area contributed by atoms with Crippen LogP contribution >= 0.6 is 0 Å². The van der Waals surface area contributed by atoms with Crippen molar-refractivity contribution in [3.8, 4) is 0 Å². The molecule has 1 aliphatic carbocycles. The molecule has 4 heteroatoms. The van der Waals surface area contributed by atoms with E-state index in [-0.39, 0.29) is 0 Å². The van der Waals surface area contributed by atoms with Gasteiger partial charge in [0.2, 0.25) is 5.95 Å². The standard InChI is InChI=1S/C12H20N4/c1-2-13-12-14-9-8-11(16-12)15-10-6-4-3-5-7-10/h8-10H,2-7H2,1H3,(H2,13,14,15,16). The molecule has 1 aromatic heterocycles. The summed E-state index contributed by atoms with van der Waals surface area (Å²) in [5.41, 5.74) is 0. The normalized spacial score (nSPS) is 17.1. The van der Waals surface area contributed by atoms with Gasteiger partial charge in [-0.05, 0) is 25.8 Å². The van der Waals surface area contributed by atoms with Crippen molar-refractivity contribution >= 4 is 11.8 Å². The van der Waals surface area contributed by atoms with Crippen molar-refractivity contribution in [2.45, 2.75) is 45.1 Å². The number of hydrogen-bond acceptors (Lipinski definition) is 4. The van der Waals surface area contributed by atoms with Crippen molar-refractivity contribution in [2.75, 3.05) is 17.2 Å². The first-order chi connectivity index (χ1) is 7.88. The van der Waals surface area contributed by atoms with E-state index in [0.29, 0.717) is 12.0 Å². The molecule has 4 nitrogen and oxygen atoms in total. The summed E-state index contributed by atoms with van der Waals surface area (Å²) >= 11 is 0. The van der Waals surface area contributed by atoms with Crippen LogP contribution in [0, 0.1) is 0 Å². The highest BCUT2D eigenvalue weighted by atomic mass is 15.1. The van der Waals surface area contributed by atoms with E-state index in [1.54, 1.807) is 6.20 Å². The molecule has 16 heavy (non-hydrogen) atoms. The second-order valence-corrected chi connectivity index (χ2v) is 4.28. The zero-order valence-corrected chi connectivity index (χ0v) is 9.87. The Morgan fingerprint density at radius 3 is 2.88 bits per heavy atom. The van der Waals surface area contributed by atoms with Gasteiger partial charge in [-0.25, -0.2) is 4.98 Å². The lowest BCUT2D eigenvalue weighted by Crippen LogP contribution is -2.23. The maximum atomic E-state index is 4.42. The van der Waals surface area contributed by atoms with Crippen molar-refractivity contribution in [3.05, 3.63) is 12.3 Å². The van der Waals surface area contributed by atoms with Gasteiger partial charge in [-0.15, -0.1) is 0 Å². The maximum absolute atomic E-state index is 4.42. The molecule has 0 unspecified atom stereocenters. The highest BCUT2D eigenvalue weighted by Gasteiger charge is 2.13. The molecule has 0 amide bonds. The number of hydrogen-bond donors (Lipinski definition) is 2. The van der Waals surface area contributed by atoms with Crippen molar-refractivity contribution in [2.24, 2.45) is 0 Å². The number of nitrogens with zero attached hydrogens (tertiary/aromatic N) is 2. The van der Waals surface area contributed by atoms with E-state index in [4.69, 9.17) is 0 Å². The topological polar surface area (TPSA) is 49.8 Å². The minimum Gasteiger partial charge on any atom is -0.367 e. The van der Waals surface area contributed by atoms with E-state index < -0.39 is 0 Å². The number of anilines is 2. The average Bonchev–Trinajstić information content (AvgIpc) is 2.31. The van der Waals surface area contributed by atoms with Gasteiger partial charge in [-0.1, -0.05) is 19.3 Å². The molecule has 1 aromatic rings. The minimum atomic E-state index is 0.595. The molecule has 1 aliphatic rings. The summed E-state index contributed by atoms with van der Waals surface area (Å²) in [5.74, 6) is 1.65. The van der Waals surface area contributed by atoms with Crippen LogP contribution in [0.4, 0.5) is 11.8 Å². The maximum Gasteiger partial charge on any atom is 0.224 e. The number of rotatable bonds is 4. The molecule has 1 saturated carbocycles. The highest BCUT2D eigenvalue weighted by Crippen LogP contribution is 2.20. The van der Waals surface area contributed by atoms with E-state index in [0.717, 1.165) is 12.4 Å². The molecule has 0 saturated heterocycles. The lowest BCUT2D eigenvalue weighted by Gasteiger charge is -2.23. The van der Waals surface area contributed by atoms with Crippen LogP contribution in [-0.4, -0.2) is 22.6 Å². The molecule has 0 atom stereocenters. The Morgan fingerprint density at radius 2 is 2.12 bits per heavy atom. The zero-order chi connectivity index (χ0) is 11.2. The fourth-order valence-electron chi connectivity index (χ4n) is 2.14. The lowest BCUT2D eigenvalue weighted by atomic mass is 9.95. The number of aromatic nitrogens is 2. The van der Waals surface area contributed by atoms with Crippen molar-refractivity contribution in [1.29, 1.82) is 0 Å². The molecular weight excluding hydrogens is 200 g/mol. The lowest BCUT2D eigenvalue weighted by molar-refractivity contribution is 0.462. The molecule has 0 spiro atoms. The molecular formula is C12H20N4. The third kappa shape index (κ3) is 3.08. The third-order valence-corrected chi connectivity index (χ3v) is 2.95. The van der Waals surface area contributed by atoms with E-state index >= 15 is 0 Å². The van der Waals surface area contributed by atoms with Gasteiger partial charge < -0.3 is 10.6 Å². The molecule has 0 bridgehead atoms. The molecule has 88 valence electrons. The van der Waals surface area contributed by atoms with E-state index in [9.17, 15) is 0 Å². The van der Waals surface area contributed by atoms with Crippen LogP contribution in [0.3, 0.4) is 0 Å². The Bertz CT molecular complexity index is 321. The van der Waals surface area contributed by atoms with Crippen LogP contribution in [0.5, 0.6) is 0 Å². The summed E-state index contributed by atoms with van der Waals surface area (Å²) < 4.78 is 0. The van der Waals surface area contributed by atoms with Gasteiger partial charge in [0.05, 0.1) is 0 Å². The predicted octanol–water partition coefficient (Wildman–Crippen LogP) is 2.65. The van der Waals surface area contributed by atoms with E-state index in [1.807, 2.05) is 13.0 Å². The smallest absolute Gasteiger partial charge is 0.224 e. The van der Waals surface area contributed by atoms with Crippen LogP contribution in [0.25, 0.3) is 0 Å². The van der Waals surface area contributed by atoms with Crippen LogP contribution < -0.4 is 10.6 Å². The summed E-state index contributed by atoms with van der Waals surface area (Å²) in [6.07, 6.45) is 8.38. The molecule has 0 radical (unpaired) electrons. The Balaban J connectivity index is 1.94. The van der Waals surface area contributed by atoms with Gasteiger partial charge in [0.1, 0.15) is 5.82 Å². The quantitative estimate of drug-likeness (QED) is 0.819. The Morgan fingerprint density at radius 1 is 1.31 bits per heavy atom. The van der Waals surface area contributed by atoms with E-state index in [2.05, 4.69) is 20.6 Å². The minimum absolute atomic E-state index is 0.595. The molecule has 2 rings (SSSR count). The first-order valence-corrected chi connectivity index (χ1v) is 6.22. The van der Waals surface area contributed by atoms with Crippen LogP contribution in [0.1, 0.15) is 39.0 Å². The third-order valence-electron chi connectivity index (χ3n) is 2.95. The monoisotopic (exact) mass is 220 g/mol. The average molecular weight is 220 g/mol. The SMILES string of the molecule is CCNc1nccc(NC2CCCCC2)n1. The largest absolute Gasteiger partial charge is 0.367 e. The van der Waals surface area contributed by atoms with Crippen LogP contribution in [0.2, 0.25) is 0 Å². The fraction of sp³-hybridized carbons (Fsp3) is 0.667. The summed E-state index contributed by atoms with van der Waals surface area (Å²) in [4.78, 5) is 8.58. The van der Waals surface area contributed by atoms with Crippen molar-refractivity contribution < 1.29 is 0 Å². The van der Waals surface area contributed by atoms with Crippen molar-refractivity contribution in [1.82, 2.24) is 9.97 Å². The summed E-state index contributed by atoms with van der Waals surface area (Å²) in [6, 6.07) is 2.54. The van der Waals surface area contributed by atoms with E-state index in [1.165, 1.54) is 32.1 Å². The fourth-order valence-corrected chi connectivity index (χ4v) is 2.14. The van der Waals surface area contributed by atoms with Crippen molar-refractivity contribution in [3.63, 3.8) is 0 Å². The highest BCUT2D eigenvalue weighted by molar-refractivity contribution is 5.40. The molecule has 0 aliphatic heterocycles. The first kappa shape index (κ1) is 11.2. The van der Waals surface area contributed by atoms with Gasteiger partial charge in [-0.2, -0.15) is 4.98 Å². The van der Waals surface area contributed by atoms with Gasteiger partial charge in [0, 0.05) is 18.8 Å². The first-order valence-electron chi connectivity index (χ1n) is 6.22. The van der Waals surface area contributed by atoms with Crippen LogP contribution in [0.15, 0.2) is 12.3 Å². The predicted molar refractivity (Wildman–Crippen MR) is 66.7 cm³/mol. The Kier molecular flexibility index (Phi) is 3.97.